The van der Waals surface area contributed by atoms with Gasteiger partial charge in [0, 0.05) is 12.1 Å². The van der Waals surface area contributed by atoms with Gasteiger partial charge >= 0.3 is 0 Å². The number of carbonyl (C=O) groups excluding carboxylic acids is 1. The molecule has 0 heterocycles. The van der Waals surface area contributed by atoms with Crippen LogP contribution in [0.1, 0.15) is 30.6 Å². The van der Waals surface area contributed by atoms with E-state index in [0.29, 0.717) is 29.4 Å². The second kappa shape index (κ2) is 10.9. The first-order valence-electron chi connectivity index (χ1n) is 10.7. The molecule has 0 radical (unpaired) electrons. The van der Waals surface area contributed by atoms with Crippen molar-refractivity contribution in [3.8, 4) is 11.5 Å². The van der Waals surface area contributed by atoms with Crippen LogP contribution in [0.3, 0.4) is 0 Å². The smallest absolute Gasteiger partial charge is 0.264 e. The Kier molecular flexibility index (Phi) is 7.95. The molecule has 3 aromatic rings. The Morgan fingerprint density at radius 3 is 2.27 bits per heavy atom. The predicted molar refractivity (Wildman–Crippen MR) is 130 cm³/mol. The molecule has 1 amide bonds. The Labute approximate surface area is 195 Å². The number of methoxy groups -OCH3 is 1. The number of hydrogen-bond acceptors (Lipinski definition) is 5. The van der Waals surface area contributed by atoms with Crippen LogP contribution in [0, 0.1) is 0 Å². The molecule has 33 heavy (non-hydrogen) atoms. The highest BCUT2D eigenvalue weighted by molar-refractivity contribution is 7.92. The van der Waals surface area contributed by atoms with Gasteiger partial charge in [0.15, 0.2) is 0 Å². The van der Waals surface area contributed by atoms with Gasteiger partial charge in [-0.25, -0.2) is 8.42 Å². The minimum atomic E-state index is -3.86. The van der Waals surface area contributed by atoms with E-state index < -0.39 is 10.0 Å². The number of ether oxygens (including phenoxy) is 2. The summed E-state index contributed by atoms with van der Waals surface area (Å²) >= 11 is 0. The molecule has 174 valence electrons. The lowest BCUT2D eigenvalue weighted by Crippen LogP contribution is -2.30. The third-order valence-corrected chi connectivity index (χ3v) is 6.83. The Balaban J connectivity index is 1.88. The zero-order valence-corrected chi connectivity index (χ0v) is 19.8. The number of carbonyl (C=O) groups is 1. The minimum absolute atomic E-state index is 0.0487. The summed E-state index contributed by atoms with van der Waals surface area (Å²) in [6.45, 7) is 4.64. The van der Waals surface area contributed by atoms with Crippen LogP contribution in [-0.4, -0.2) is 34.6 Å². The fraction of sp³-hybridized carbons (Fsp3) is 0.240. The molecular weight excluding hydrogens is 440 g/mol. The van der Waals surface area contributed by atoms with Gasteiger partial charge in [-0.05, 0) is 67.9 Å². The fourth-order valence-corrected chi connectivity index (χ4v) is 4.78. The minimum Gasteiger partial charge on any atom is -0.495 e. The standard InChI is InChI=1S/C25H28N2O5S/c1-4-17-32-21-13-11-19(12-14-21)25(28)26-23-18-22(15-16-24(23)31-3)33(29,30)27(5-2)20-9-7-6-8-10-20/h6-16,18H,4-5,17H2,1-3H3,(H,26,28). The molecule has 0 saturated carbocycles. The molecule has 1 N–H and O–H groups in total. The zero-order chi connectivity index (χ0) is 23.8. The maximum Gasteiger partial charge on any atom is 0.264 e. The summed E-state index contributed by atoms with van der Waals surface area (Å²) in [5.74, 6) is 0.646. The van der Waals surface area contributed by atoms with Crippen LogP contribution in [0.15, 0.2) is 77.7 Å². The first kappa shape index (κ1) is 24.1. The van der Waals surface area contributed by atoms with Crippen molar-refractivity contribution in [3.05, 3.63) is 78.4 Å². The Hall–Kier alpha value is -3.52. The number of rotatable bonds is 10. The van der Waals surface area contributed by atoms with Crippen LogP contribution >= 0.6 is 0 Å². The third-order valence-electron chi connectivity index (χ3n) is 4.93. The molecule has 7 nitrogen and oxygen atoms in total. The quantitative estimate of drug-likeness (QED) is 0.455. The number of anilines is 2. The molecular formula is C25H28N2O5S. The summed E-state index contributed by atoms with van der Waals surface area (Å²) in [4.78, 5) is 12.9. The lowest BCUT2D eigenvalue weighted by atomic mass is 10.2. The van der Waals surface area contributed by atoms with E-state index in [4.69, 9.17) is 9.47 Å². The molecule has 0 aromatic heterocycles. The van der Waals surface area contributed by atoms with Crippen molar-refractivity contribution < 1.29 is 22.7 Å². The Bertz CT molecular complexity index is 1180. The number of nitrogens with zero attached hydrogens (tertiary/aromatic N) is 1. The molecule has 0 aliphatic rings. The van der Waals surface area contributed by atoms with Gasteiger partial charge in [0.25, 0.3) is 15.9 Å². The van der Waals surface area contributed by atoms with Crippen molar-refractivity contribution >= 4 is 27.3 Å². The maximum atomic E-state index is 13.4. The van der Waals surface area contributed by atoms with E-state index in [1.807, 2.05) is 13.0 Å². The van der Waals surface area contributed by atoms with Crippen LogP contribution in [0.4, 0.5) is 11.4 Å². The predicted octanol–water partition coefficient (Wildman–Crippen LogP) is 4.95. The van der Waals surface area contributed by atoms with E-state index >= 15 is 0 Å². The van der Waals surface area contributed by atoms with Gasteiger partial charge < -0.3 is 14.8 Å². The van der Waals surface area contributed by atoms with Crippen LogP contribution < -0.4 is 19.1 Å². The number of sulfonamides is 1. The molecule has 0 atom stereocenters. The van der Waals surface area contributed by atoms with Crippen molar-refractivity contribution in [1.29, 1.82) is 0 Å². The SMILES string of the molecule is CCCOc1ccc(C(=O)Nc2cc(S(=O)(=O)N(CC)c3ccccc3)ccc2OC)cc1. The van der Waals surface area contributed by atoms with Gasteiger partial charge in [-0.3, -0.25) is 9.10 Å². The van der Waals surface area contributed by atoms with E-state index in [1.54, 1.807) is 55.5 Å². The van der Waals surface area contributed by atoms with E-state index in [1.165, 1.54) is 29.6 Å². The highest BCUT2D eigenvalue weighted by atomic mass is 32.2. The highest BCUT2D eigenvalue weighted by Crippen LogP contribution is 2.31. The molecule has 0 aliphatic carbocycles. The zero-order valence-electron chi connectivity index (χ0n) is 18.9. The van der Waals surface area contributed by atoms with Crippen molar-refractivity contribution in [1.82, 2.24) is 0 Å². The number of amides is 1. The molecule has 3 aromatic carbocycles. The fourth-order valence-electron chi connectivity index (χ4n) is 3.27. The van der Waals surface area contributed by atoms with Gasteiger partial charge in [0.1, 0.15) is 11.5 Å². The summed E-state index contributed by atoms with van der Waals surface area (Å²) < 4.78 is 38.9. The first-order chi connectivity index (χ1) is 15.9. The van der Waals surface area contributed by atoms with Gasteiger partial charge in [0.2, 0.25) is 0 Å². The van der Waals surface area contributed by atoms with Crippen molar-refractivity contribution in [2.24, 2.45) is 0 Å². The Morgan fingerprint density at radius 1 is 0.970 bits per heavy atom. The summed E-state index contributed by atoms with van der Waals surface area (Å²) in [5.41, 5.74) is 1.24. The maximum absolute atomic E-state index is 13.4. The van der Waals surface area contributed by atoms with E-state index in [0.717, 1.165) is 6.42 Å². The van der Waals surface area contributed by atoms with E-state index in [2.05, 4.69) is 5.32 Å². The number of para-hydroxylation sites is 1. The van der Waals surface area contributed by atoms with Gasteiger partial charge in [-0.1, -0.05) is 25.1 Å². The number of benzene rings is 3. The average molecular weight is 469 g/mol. The van der Waals surface area contributed by atoms with Crippen LogP contribution in [-0.2, 0) is 10.0 Å². The third kappa shape index (κ3) is 5.64. The van der Waals surface area contributed by atoms with Crippen molar-refractivity contribution in [3.63, 3.8) is 0 Å². The monoisotopic (exact) mass is 468 g/mol. The molecule has 3 rings (SSSR count). The summed E-state index contributed by atoms with van der Waals surface area (Å²) in [5, 5.41) is 2.76. The molecule has 0 fully saturated rings. The molecule has 8 heteroatoms. The number of hydrogen-bond donors (Lipinski definition) is 1. The molecule has 0 aliphatic heterocycles. The highest BCUT2D eigenvalue weighted by Gasteiger charge is 2.25. The molecule has 0 spiro atoms. The van der Waals surface area contributed by atoms with Gasteiger partial charge in [-0.2, -0.15) is 0 Å². The van der Waals surface area contributed by atoms with Gasteiger partial charge in [-0.15, -0.1) is 0 Å². The largest absolute Gasteiger partial charge is 0.495 e. The molecule has 0 saturated heterocycles. The topological polar surface area (TPSA) is 84.9 Å². The lowest BCUT2D eigenvalue weighted by Gasteiger charge is -2.23. The normalized spacial score (nSPS) is 11.0. The van der Waals surface area contributed by atoms with Crippen LogP contribution in [0.5, 0.6) is 11.5 Å². The average Bonchev–Trinajstić information content (AvgIpc) is 2.84. The molecule has 0 bridgehead atoms. The van der Waals surface area contributed by atoms with E-state index in [-0.39, 0.29) is 23.0 Å². The van der Waals surface area contributed by atoms with Crippen LogP contribution in [0.2, 0.25) is 0 Å². The van der Waals surface area contributed by atoms with Gasteiger partial charge in [0.05, 0.1) is 30.0 Å². The second-order valence-corrected chi connectivity index (χ2v) is 9.06. The Morgan fingerprint density at radius 2 is 1.67 bits per heavy atom. The summed E-state index contributed by atoms with van der Waals surface area (Å²) in [6.07, 6.45) is 0.890. The summed E-state index contributed by atoms with van der Waals surface area (Å²) in [7, 11) is -2.40. The first-order valence-corrected chi connectivity index (χ1v) is 12.1. The van der Waals surface area contributed by atoms with Crippen LogP contribution in [0.25, 0.3) is 0 Å². The lowest BCUT2D eigenvalue weighted by molar-refractivity contribution is 0.102. The van der Waals surface area contributed by atoms with Crippen molar-refractivity contribution in [2.45, 2.75) is 25.2 Å². The number of nitrogens with one attached hydrogen (secondary N) is 1. The molecule has 0 unspecified atom stereocenters. The van der Waals surface area contributed by atoms with E-state index in [9.17, 15) is 13.2 Å². The summed E-state index contributed by atoms with van der Waals surface area (Å²) in [6, 6.07) is 20.0. The second-order valence-electron chi connectivity index (χ2n) is 7.19. The van der Waals surface area contributed by atoms with Crippen molar-refractivity contribution in [2.75, 3.05) is 29.9 Å².